The Balaban J connectivity index is 3.71. The van der Waals surface area contributed by atoms with Crippen LogP contribution in [0.15, 0.2) is 0 Å². The van der Waals surface area contributed by atoms with E-state index < -0.39 is 0 Å². The summed E-state index contributed by atoms with van der Waals surface area (Å²) in [4.78, 5) is 2.05. The topological polar surface area (TPSA) is 12.5 Å². The van der Waals surface area contributed by atoms with Crippen LogP contribution in [0.5, 0.6) is 0 Å². The van der Waals surface area contributed by atoms with E-state index in [-0.39, 0.29) is 6.10 Å². The van der Waals surface area contributed by atoms with E-state index in [4.69, 9.17) is 4.74 Å². The van der Waals surface area contributed by atoms with Crippen molar-refractivity contribution < 1.29 is 4.74 Å². The van der Waals surface area contributed by atoms with E-state index in [2.05, 4.69) is 18.8 Å². The minimum absolute atomic E-state index is 0.120. The molecular formula is C10H19NO. The minimum atomic E-state index is 0.120. The standard InChI is InChI=1S/C10H19NO/c1-5-7-10(12-4)8-6-9-11(2)3/h10H,5,7,9H2,1-4H3. The van der Waals surface area contributed by atoms with E-state index in [9.17, 15) is 0 Å². The molecule has 0 saturated heterocycles. The molecule has 0 rings (SSSR count). The molecule has 0 N–H and O–H groups in total. The van der Waals surface area contributed by atoms with E-state index in [0.717, 1.165) is 19.4 Å². The molecule has 70 valence electrons. The second kappa shape index (κ2) is 7.15. The molecule has 0 aromatic carbocycles. The zero-order valence-corrected chi connectivity index (χ0v) is 8.55. The third-order valence-corrected chi connectivity index (χ3v) is 1.49. The Hall–Kier alpha value is -0.520. The van der Waals surface area contributed by atoms with Gasteiger partial charge in [-0.05, 0) is 20.5 Å². The van der Waals surface area contributed by atoms with E-state index in [0.29, 0.717) is 0 Å². The fraction of sp³-hybridized carbons (Fsp3) is 0.800. The number of methoxy groups -OCH3 is 1. The average Bonchev–Trinajstić information content (AvgIpc) is 2.02. The molecule has 0 aromatic rings. The number of ether oxygens (including phenoxy) is 1. The van der Waals surface area contributed by atoms with Crippen LogP contribution in [0.25, 0.3) is 0 Å². The third-order valence-electron chi connectivity index (χ3n) is 1.49. The van der Waals surface area contributed by atoms with Crippen LogP contribution in [-0.4, -0.2) is 38.8 Å². The molecule has 0 fully saturated rings. The molecule has 0 radical (unpaired) electrons. The fourth-order valence-corrected chi connectivity index (χ4v) is 0.829. The van der Waals surface area contributed by atoms with Gasteiger partial charge in [0.1, 0.15) is 6.10 Å². The Morgan fingerprint density at radius 1 is 1.42 bits per heavy atom. The van der Waals surface area contributed by atoms with Crippen molar-refractivity contribution in [1.82, 2.24) is 4.90 Å². The van der Waals surface area contributed by atoms with Crippen LogP contribution in [0.3, 0.4) is 0 Å². The first-order valence-electron chi connectivity index (χ1n) is 4.36. The monoisotopic (exact) mass is 169 g/mol. The van der Waals surface area contributed by atoms with Gasteiger partial charge in [-0.3, -0.25) is 4.90 Å². The molecule has 1 unspecified atom stereocenters. The Kier molecular flexibility index (Phi) is 6.84. The largest absolute Gasteiger partial charge is 0.369 e. The molecule has 0 aliphatic heterocycles. The van der Waals surface area contributed by atoms with Crippen LogP contribution < -0.4 is 0 Å². The smallest absolute Gasteiger partial charge is 0.117 e. The summed E-state index contributed by atoms with van der Waals surface area (Å²) in [5.41, 5.74) is 0. The number of hydrogen-bond acceptors (Lipinski definition) is 2. The second-order valence-electron chi connectivity index (χ2n) is 3.07. The van der Waals surface area contributed by atoms with Crippen molar-refractivity contribution in [2.24, 2.45) is 0 Å². The molecule has 2 nitrogen and oxygen atoms in total. The highest BCUT2D eigenvalue weighted by molar-refractivity contribution is 5.06. The molecule has 0 bridgehead atoms. The number of hydrogen-bond donors (Lipinski definition) is 0. The lowest BCUT2D eigenvalue weighted by Gasteiger charge is -2.06. The maximum Gasteiger partial charge on any atom is 0.117 e. The van der Waals surface area contributed by atoms with Crippen molar-refractivity contribution in [3.8, 4) is 11.8 Å². The SMILES string of the molecule is CCCC(C#CCN(C)C)OC. The summed E-state index contributed by atoms with van der Waals surface area (Å²) >= 11 is 0. The molecule has 12 heavy (non-hydrogen) atoms. The lowest BCUT2D eigenvalue weighted by Crippen LogP contribution is -2.12. The Bertz CT molecular complexity index is 155. The van der Waals surface area contributed by atoms with E-state index in [1.165, 1.54) is 0 Å². The first-order valence-corrected chi connectivity index (χ1v) is 4.36. The second-order valence-corrected chi connectivity index (χ2v) is 3.07. The highest BCUT2D eigenvalue weighted by atomic mass is 16.5. The van der Waals surface area contributed by atoms with Crippen LogP contribution in [0, 0.1) is 11.8 Å². The van der Waals surface area contributed by atoms with Crippen LogP contribution >= 0.6 is 0 Å². The van der Waals surface area contributed by atoms with Gasteiger partial charge in [0.2, 0.25) is 0 Å². The van der Waals surface area contributed by atoms with Gasteiger partial charge in [-0.25, -0.2) is 0 Å². The maximum absolute atomic E-state index is 5.18. The summed E-state index contributed by atoms with van der Waals surface area (Å²) in [5.74, 6) is 6.16. The van der Waals surface area contributed by atoms with E-state index in [1.54, 1.807) is 7.11 Å². The van der Waals surface area contributed by atoms with Gasteiger partial charge in [0.15, 0.2) is 0 Å². The predicted octanol–water partition coefficient (Wildman–Crippen LogP) is 1.37. The lowest BCUT2D eigenvalue weighted by atomic mass is 10.2. The van der Waals surface area contributed by atoms with Gasteiger partial charge >= 0.3 is 0 Å². The Morgan fingerprint density at radius 2 is 2.08 bits per heavy atom. The van der Waals surface area contributed by atoms with Gasteiger partial charge in [-0.15, -0.1) is 0 Å². The number of rotatable bonds is 4. The first kappa shape index (κ1) is 11.5. The van der Waals surface area contributed by atoms with Crippen molar-refractivity contribution in [3.05, 3.63) is 0 Å². The fourth-order valence-electron chi connectivity index (χ4n) is 0.829. The molecule has 0 spiro atoms. The first-order chi connectivity index (χ1) is 5.70. The normalized spacial score (nSPS) is 12.4. The third kappa shape index (κ3) is 6.21. The van der Waals surface area contributed by atoms with Crippen molar-refractivity contribution in [2.45, 2.75) is 25.9 Å². The van der Waals surface area contributed by atoms with Crippen LogP contribution in [-0.2, 0) is 4.74 Å². The Morgan fingerprint density at radius 3 is 2.50 bits per heavy atom. The Labute approximate surface area is 75.9 Å². The molecular weight excluding hydrogens is 150 g/mol. The van der Waals surface area contributed by atoms with Gasteiger partial charge < -0.3 is 4.74 Å². The van der Waals surface area contributed by atoms with Crippen LogP contribution in [0.2, 0.25) is 0 Å². The summed E-state index contributed by atoms with van der Waals surface area (Å²) in [5, 5.41) is 0. The zero-order valence-electron chi connectivity index (χ0n) is 8.55. The zero-order chi connectivity index (χ0) is 9.40. The highest BCUT2D eigenvalue weighted by Gasteiger charge is 1.98. The van der Waals surface area contributed by atoms with Crippen molar-refractivity contribution in [1.29, 1.82) is 0 Å². The summed E-state index contributed by atoms with van der Waals surface area (Å²) in [6.45, 7) is 2.95. The summed E-state index contributed by atoms with van der Waals surface area (Å²) in [6, 6.07) is 0. The van der Waals surface area contributed by atoms with Crippen LogP contribution in [0.4, 0.5) is 0 Å². The lowest BCUT2D eigenvalue weighted by molar-refractivity contribution is 0.140. The molecule has 0 aromatic heterocycles. The van der Waals surface area contributed by atoms with E-state index >= 15 is 0 Å². The molecule has 0 heterocycles. The molecule has 0 aliphatic carbocycles. The van der Waals surface area contributed by atoms with Gasteiger partial charge in [0.05, 0.1) is 6.54 Å². The van der Waals surface area contributed by atoms with E-state index in [1.807, 2.05) is 19.0 Å². The summed E-state index contributed by atoms with van der Waals surface area (Å²) in [6.07, 6.45) is 2.27. The molecule has 1 atom stereocenters. The van der Waals surface area contributed by atoms with Crippen molar-refractivity contribution >= 4 is 0 Å². The molecule has 2 heteroatoms. The predicted molar refractivity (Wildman–Crippen MR) is 52.0 cm³/mol. The minimum Gasteiger partial charge on any atom is -0.369 e. The van der Waals surface area contributed by atoms with Gasteiger partial charge in [-0.1, -0.05) is 25.2 Å². The molecule has 0 amide bonds. The summed E-state index contributed by atoms with van der Waals surface area (Å²) in [7, 11) is 5.73. The maximum atomic E-state index is 5.18. The summed E-state index contributed by atoms with van der Waals surface area (Å²) < 4.78 is 5.18. The van der Waals surface area contributed by atoms with Crippen molar-refractivity contribution in [3.63, 3.8) is 0 Å². The van der Waals surface area contributed by atoms with Gasteiger partial charge in [0, 0.05) is 7.11 Å². The quantitative estimate of drug-likeness (QED) is 0.589. The average molecular weight is 169 g/mol. The van der Waals surface area contributed by atoms with Gasteiger partial charge in [0.25, 0.3) is 0 Å². The highest BCUT2D eigenvalue weighted by Crippen LogP contribution is 1.98. The molecule has 0 saturated carbocycles. The van der Waals surface area contributed by atoms with Gasteiger partial charge in [-0.2, -0.15) is 0 Å². The van der Waals surface area contributed by atoms with Crippen LogP contribution in [0.1, 0.15) is 19.8 Å². The molecule has 0 aliphatic rings. The number of nitrogens with zero attached hydrogens (tertiary/aromatic N) is 1. The van der Waals surface area contributed by atoms with Crippen molar-refractivity contribution in [2.75, 3.05) is 27.7 Å².